The molecule has 0 spiro atoms. The third-order valence-electron chi connectivity index (χ3n) is 3.78. The number of ether oxygens (including phenoxy) is 1. The Morgan fingerprint density at radius 1 is 1.15 bits per heavy atom. The van der Waals surface area contributed by atoms with Gasteiger partial charge in [-0.15, -0.1) is 0 Å². The van der Waals surface area contributed by atoms with Crippen LogP contribution >= 0.6 is 35.4 Å². The van der Waals surface area contributed by atoms with E-state index >= 15 is 0 Å². The molecule has 0 fully saturated rings. The number of aromatic nitrogens is 3. The molecule has 3 aromatic rings. The Morgan fingerprint density at radius 2 is 1.85 bits per heavy atom. The molecule has 0 aliphatic heterocycles. The van der Waals surface area contributed by atoms with E-state index in [4.69, 9.17) is 40.2 Å². The summed E-state index contributed by atoms with van der Waals surface area (Å²) in [7, 11) is 0. The smallest absolute Gasteiger partial charge is 0.214 e. The Bertz CT molecular complexity index is 917. The predicted octanol–water partition coefficient (Wildman–Crippen LogP) is 5.13. The van der Waals surface area contributed by atoms with Gasteiger partial charge in [0.2, 0.25) is 4.77 Å². The van der Waals surface area contributed by atoms with E-state index in [0.717, 1.165) is 23.4 Å². The van der Waals surface area contributed by atoms with Gasteiger partial charge in [-0.25, -0.2) is 4.68 Å². The molecular weight excluding hydrogens is 391 g/mol. The summed E-state index contributed by atoms with van der Waals surface area (Å²) >= 11 is 18.0. The second-order valence-corrected chi connectivity index (χ2v) is 6.83. The Kier molecular flexibility index (Phi) is 6.19. The predicted molar refractivity (Wildman–Crippen MR) is 107 cm³/mol. The number of nitrogens with one attached hydrogen (secondary N) is 2. The van der Waals surface area contributed by atoms with Crippen LogP contribution in [-0.2, 0) is 19.6 Å². The van der Waals surface area contributed by atoms with Gasteiger partial charge in [-0.2, -0.15) is 5.10 Å². The van der Waals surface area contributed by atoms with Gasteiger partial charge < -0.3 is 10.2 Å². The summed E-state index contributed by atoms with van der Waals surface area (Å²) in [6.45, 7) is 2.91. The molecular formula is C18H18Cl2N4OS. The number of benzene rings is 2. The molecule has 0 atom stereocenters. The van der Waals surface area contributed by atoms with Gasteiger partial charge in [0.05, 0.1) is 16.6 Å². The average molecular weight is 409 g/mol. The first-order chi connectivity index (χ1) is 12.6. The van der Waals surface area contributed by atoms with E-state index in [-0.39, 0.29) is 0 Å². The highest BCUT2D eigenvalue weighted by Crippen LogP contribution is 2.34. The van der Waals surface area contributed by atoms with E-state index in [1.807, 2.05) is 49.4 Å². The number of aryl methyl sites for hydroxylation is 1. The van der Waals surface area contributed by atoms with E-state index in [0.29, 0.717) is 33.7 Å². The average Bonchev–Trinajstić information content (AvgIpc) is 3.00. The maximum Gasteiger partial charge on any atom is 0.214 e. The fourth-order valence-electron chi connectivity index (χ4n) is 2.48. The highest BCUT2D eigenvalue weighted by molar-refractivity contribution is 7.71. The lowest BCUT2D eigenvalue weighted by Crippen LogP contribution is -2.17. The third-order valence-corrected chi connectivity index (χ3v) is 4.62. The van der Waals surface area contributed by atoms with E-state index in [9.17, 15) is 0 Å². The molecule has 0 aliphatic carbocycles. The minimum atomic E-state index is 0.405. The maximum atomic E-state index is 6.37. The maximum absolute atomic E-state index is 6.37. The first-order valence-corrected chi connectivity index (χ1v) is 9.29. The summed E-state index contributed by atoms with van der Waals surface area (Å²) in [4.78, 5) is 0. The van der Waals surface area contributed by atoms with Gasteiger partial charge in [-0.3, -0.25) is 5.10 Å². The lowest BCUT2D eigenvalue weighted by atomic mass is 10.2. The summed E-state index contributed by atoms with van der Waals surface area (Å²) in [5.74, 6) is 1.31. The van der Waals surface area contributed by atoms with Crippen molar-refractivity contribution in [3.8, 4) is 5.75 Å². The topological polar surface area (TPSA) is 54.9 Å². The first-order valence-electron chi connectivity index (χ1n) is 8.13. The second kappa shape index (κ2) is 8.58. The van der Waals surface area contributed by atoms with Crippen molar-refractivity contribution in [3.05, 3.63) is 74.2 Å². The summed E-state index contributed by atoms with van der Waals surface area (Å²) in [6.07, 6.45) is 0.758. The van der Waals surface area contributed by atoms with Crippen LogP contribution in [0.25, 0.3) is 0 Å². The molecule has 0 amide bonds. The lowest BCUT2D eigenvalue weighted by Gasteiger charge is -2.13. The molecule has 5 nitrogen and oxygen atoms in total. The second-order valence-electron chi connectivity index (χ2n) is 5.63. The van der Waals surface area contributed by atoms with Gasteiger partial charge in [0.25, 0.3) is 0 Å². The van der Waals surface area contributed by atoms with E-state index < -0.39 is 0 Å². The number of hydrogen-bond acceptors (Lipinski definition) is 4. The molecule has 26 heavy (non-hydrogen) atoms. The van der Waals surface area contributed by atoms with Gasteiger partial charge in [-0.05, 0) is 35.5 Å². The van der Waals surface area contributed by atoms with E-state index in [1.54, 1.807) is 4.68 Å². The van der Waals surface area contributed by atoms with E-state index in [1.165, 1.54) is 0 Å². The van der Waals surface area contributed by atoms with Gasteiger partial charge in [0.15, 0.2) is 11.6 Å². The van der Waals surface area contributed by atoms with Crippen LogP contribution in [0.3, 0.4) is 0 Å². The van der Waals surface area contributed by atoms with Crippen LogP contribution in [0.4, 0.5) is 0 Å². The molecule has 0 saturated heterocycles. The van der Waals surface area contributed by atoms with Crippen molar-refractivity contribution in [2.45, 2.75) is 26.5 Å². The molecule has 0 unspecified atom stereocenters. The number of aromatic amines is 1. The van der Waals surface area contributed by atoms with Crippen LogP contribution in [-0.4, -0.2) is 14.9 Å². The monoisotopic (exact) mass is 408 g/mol. The molecule has 1 heterocycles. The zero-order valence-electron chi connectivity index (χ0n) is 14.1. The van der Waals surface area contributed by atoms with Gasteiger partial charge in [-0.1, -0.05) is 60.5 Å². The molecule has 136 valence electrons. The van der Waals surface area contributed by atoms with Crippen LogP contribution in [0.5, 0.6) is 5.75 Å². The third kappa shape index (κ3) is 4.38. The molecule has 2 aromatic carbocycles. The molecule has 0 aliphatic rings. The van der Waals surface area contributed by atoms with Gasteiger partial charge >= 0.3 is 0 Å². The number of halogens is 2. The largest absolute Gasteiger partial charge is 0.486 e. The molecule has 2 N–H and O–H groups in total. The zero-order chi connectivity index (χ0) is 18.5. The molecule has 0 saturated carbocycles. The molecule has 0 radical (unpaired) electrons. The number of nitrogens with zero attached hydrogens (tertiary/aromatic N) is 2. The van der Waals surface area contributed by atoms with Crippen LogP contribution in [0.2, 0.25) is 10.0 Å². The highest BCUT2D eigenvalue weighted by atomic mass is 35.5. The Hall–Kier alpha value is -2.02. The van der Waals surface area contributed by atoms with Crippen LogP contribution in [0, 0.1) is 4.77 Å². The SMILES string of the molecule is CCc1n[nH]c(=S)n1NCc1cc(Cl)c(OCc2ccccc2)c(Cl)c1. The van der Waals surface area contributed by atoms with Crippen LogP contribution in [0.1, 0.15) is 23.9 Å². The van der Waals surface area contributed by atoms with Crippen molar-refractivity contribution in [2.24, 2.45) is 0 Å². The Morgan fingerprint density at radius 3 is 2.50 bits per heavy atom. The Labute approximate surface area is 166 Å². The fraction of sp³-hybridized carbons (Fsp3) is 0.222. The van der Waals surface area contributed by atoms with Crippen molar-refractivity contribution in [1.29, 1.82) is 0 Å². The lowest BCUT2D eigenvalue weighted by molar-refractivity contribution is 0.306. The zero-order valence-corrected chi connectivity index (χ0v) is 16.5. The van der Waals surface area contributed by atoms with Crippen LogP contribution in [0.15, 0.2) is 42.5 Å². The van der Waals surface area contributed by atoms with Crippen molar-refractivity contribution in [1.82, 2.24) is 14.9 Å². The van der Waals surface area contributed by atoms with Crippen LogP contribution < -0.4 is 10.2 Å². The first kappa shape index (κ1) is 18.8. The molecule has 0 bridgehead atoms. The summed E-state index contributed by atoms with van der Waals surface area (Å²) in [6, 6.07) is 13.5. The summed E-state index contributed by atoms with van der Waals surface area (Å²) in [5, 5.41) is 7.87. The van der Waals surface area contributed by atoms with Crippen molar-refractivity contribution >= 4 is 35.4 Å². The van der Waals surface area contributed by atoms with Crippen molar-refractivity contribution < 1.29 is 4.74 Å². The van der Waals surface area contributed by atoms with E-state index in [2.05, 4.69) is 15.6 Å². The minimum Gasteiger partial charge on any atom is -0.486 e. The Balaban J connectivity index is 1.70. The molecule has 8 heteroatoms. The molecule has 3 rings (SSSR count). The number of rotatable bonds is 7. The molecule has 1 aromatic heterocycles. The number of H-pyrrole nitrogens is 1. The van der Waals surface area contributed by atoms with Gasteiger partial charge in [0.1, 0.15) is 6.61 Å². The van der Waals surface area contributed by atoms with Crippen molar-refractivity contribution in [3.63, 3.8) is 0 Å². The minimum absolute atomic E-state index is 0.405. The summed E-state index contributed by atoms with van der Waals surface area (Å²) < 4.78 is 8.06. The number of hydrogen-bond donors (Lipinski definition) is 2. The van der Waals surface area contributed by atoms with Crippen molar-refractivity contribution in [2.75, 3.05) is 5.43 Å². The van der Waals surface area contributed by atoms with Gasteiger partial charge in [0, 0.05) is 6.42 Å². The fourth-order valence-corrected chi connectivity index (χ4v) is 3.34. The quantitative estimate of drug-likeness (QED) is 0.531. The summed E-state index contributed by atoms with van der Waals surface area (Å²) in [5.41, 5.74) is 5.18. The standard InChI is InChI=1S/C18H18Cl2N4OS/c1-2-16-22-23-18(26)24(16)21-10-13-8-14(19)17(15(20)9-13)25-11-12-6-4-3-5-7-12/h3-9,21H,2,10-11H2,1H3,(H,23,26). The normalized spacial score (nSPS) is 10.7. The highest BCUT2D eigenvalue weighted by Gasteiger charge is 2.11.